The zero-order chi connectivity index (χ0) is 22.9. The van der Waals surface area contributed by atoms with E-state index in [2.05, 4.69) is 17.4 Å². The number of amides is 1. The lowest BCUT2D eigenvalue weighted by atomic mass is 9.78. The van der Waals surface area contributed by atoms with Crippen molar-refractivity contribution in [3.8, 4) is 11.5 Å². The van der Waals surface area contributed by atoms with Crippen LogP contribution in [0.4, 0.5) is 0 Å². The molecule has 178 valence electrons. The van der Waals surface area contributed by atoms with Gasteiger partial charge in [-0.2, -0.15) is 4.31 Å². The van der Waals surface area contributed by atoms with E-state index >= 15 is 0 Å². The van der Waals surface area contributed by atoms with Crippen LogP contribution in [-0.2, 0) is 20.2 Å². The largest absolute Gasteiger partial charge is 0.486 e. The number of carbonyl (C=O) groups is 1. The molecule has 1 unspecified atom stereocenters. The molecule has 1 aromatic carbocycles. The fraction of sp³-hybridized carbons (Fsp3) is 0.542. The Bertz CT molecular complexity index is 1090. The van der Waals surface area contributed by atoms with E-state index in [1.165, 1.54) is 21.2 Å². The lowest BCUT2D eigenvalue weighted by molar-refractivity contribution is -0.126. The number of fused-ring (bicyclic) bond motifs is 1. The standard InChI is InChI=1S/C24H30N2O5S2/c27-23(18-5-3-11-26(16-18)33(28,29)22-6-4-14-32-22)25-17-24(9-1-2-10-24)19-7-8-20-21(15-19)31-13-12-30-20/h4,6-8,14-15,18H,1-3,5,9-13,16-17H2,(H,25,27). The van der Waals surface area contributed by atoms with Crippen LogP contribution in [0.3, 0.4) is 0 Å². The Hall–Kier alpha value is -2.10. The zero-order valence-electron chi connectivity index (χ0n) is 18.6. The molecule has 1 atom stereocenters. The average Bonchev–Trinajstić information content (AvgIpc) is 3.56. The van der Waals surface area contributed by atoms with Gasteiger partial charge in [0.25, 0.3) is 10.0 Å². The lowest BCUT2D eigenvalue weighted by Crippen LogP contribution is -2.47. The Morgan fingerprint density at radius 3 is 2.67 bits per heavy atom. The van der Waals surface area contributed by atoms with Crippen LogP contribution < -0.4 is 14.8 Å². The van der Waals surface area contributed by atoms with Gasteiger partial charge in [-0.25, -0.2) is 8.42 Å². The molecule has 0 radical (unpaired) electrons. The number of piperidine rings is 1. The Balaban J connectivity index is 1.27. The molecule has 2 aromatic rings. The molecule has 1 saturated carbocycles. The third kappa shape index (κ3) is 4.50. The molecule has 3 aliphatic rings. The molecule has 1 amide bonds. The number of sulfonamides is 1. The van der Waals surface area contributed by atoms with Crippen LogP contribution in [0.25, 0.3) is 0 Å². The van der Waals surface area contributed by atoms with Gasteiger partial charge in [-0.1, -0.05) is 25.0 Å². The first kappa shape index (κ1) is 22.7. The highest BCUT2D eigenvalue weighted by Crippen LogP contribution is 2.44. The molecule has 2 aliphatic heterocycles. The summed E-state index contributed by atoms with van der Waals surface area (Å²) in [7, 11) is -3.53. The molecule has 3 heterocycles. The lowest BCUT2D eigenvalue weighted by Gasteiger charge is -2.34. The minimum Gasteiger partial charge on any atom is -0.486 e. The third-order valence-electron chi connectivity index (χ3n) is 7.16. The van der Waals surface area contributed by atoms with Gasteiger partial charge in [0.15, 0.2) is 11.5 Å². The maximum Gasteiger partial charge on any atom is 0.252 e. The molecular weight excluding hydrogens is 460 g/mol. The Morgan fingerprint density at radius 1 is 1.12 bits per heavy atom. The first-order valence-corrected chi connectivity index (χ1v) is 14.0. The molecule has 1 N–H and O–H groups in total. The fourth-order valence-electron chi connectivity index (χ4n) is 5.31. The van der Waals surface area contributed by atoms with Crippen LogP contribution in [0, 0.1) is 5.92 Å². The predicted octanol–water partition coefficient (Wildman–Crippen LogP) is 3.55. The summed E-state index contributed by atoms with van der Waals surface area (Å²) in [6, 6.07) is 9.51. The molecule has 9 heteroatoms. The van der Waals surface area contributed by atoms with Gasteiger partial charge in [-0.05, 0) is 54.8 Å². The molecule has 33 heavy (non-hydrogen) atoms. The number of ether oxygens (including phenoxy) is 2. The first-order chi connectivity index (χ1) is 16.0. The minimum atomic E-state index is -3.53. The van der Waals surface area contributed by atoms with Crippen molar-refractivity contribution < 1.29 is 22.7 Å². The Kier molecular flexibility index (Phi) is 6.37. The van der Waals surface area contributed by atoms with Gasteiger partial charge in [0, 0.05) is 25.0 Å². The van der Waals surface area contributed by atoms with Crippen molar-refractivity contribution in [2.75, 3.05) is 32.8 Å². The van der Waals surface area contributed by atoms with Crippen molar-refractivity contribution in [3.05, 3.63) is 41.3 Å². The van der Waals surface area contributed by atoms with E-state index in [9.17, 15) is 13.2 Å². The first-order valence-electron chi connectivity index (χ1n) is 11.7. The van der Waals surface area contributed by atoms with Gasteiger partial charge in [0.1, 0.15) is 17.4 Å². The summed E-state index contributed by atoms with van der Waals surface area (Å²) in [5.74, 6) is 1.17. The maximum atomic E-state index is 13.1. The summed E-state index contributed by atoms with van der Waals surface area (Å²) in [4.78, 5) is 13.1. The van der Waals surface area contributed by atoms with Gasteiger partial charge in [0.05, 0.1) is 5.92 Å². The molecule has 0 bridgehead atoms. The molecule has 7 nitrogen and oxygen atoms in total. The normalized spacial score (nSPS) is 22.7. The Labute approximate surface area is 199 Å². The summed E-state index contributed by atoms with van der Waals surface area (Å²) in [5, 5.41) is 4.95. The van der Waals surface area contributed by atoms with Crippen LogP contribution in [0.1, 0.15) is 44.1 Å². The number of hydrogen-bond acceptors (Lipinski definition) is 6. The predicted molar refractivity (Wildman–Crippen MR) is 126 cm³/mol. The van der Waals surface area contributed by atoms with Crippen molar-refractivity contribution in [3.63, 3.8) is 0 Å². The number of rotatable bonds is 6. The minimum absolute atomic E-state index is 0.0510. The van der Waals surface area contributed by atoms with Crippen LogP contribution in [-0.4, -0.2) is 51.5 Å². The molecule has 1 aromatic heterocycles. The summed E-state index contributed by atoms with van der Waals surface area (Å²) in [6.07, 6.45) is 5.67. The SMILES string of the molecule is O=C(NCC1(c2ccc3c(c2)OCCO3)CCCC1)C1CCCN(S(=O)(=O)c2cccs2)C1. The Morgan fingerprint density at radius 2 is 1.91 bits per heavy atom. The molecule has 0 spiro atoms. The molecule has 1 saturated heterocycles. The smallest absolute Gasteiger partial charge is 0.252 e. The number of hydrogen-bond donors (Lipinski definition) is 1. The monoisotopic (exact) mass is 490 g/mol. The molecule has 1 aliphatic carbocycles. The van der Waals surface area contributed by atoms with E-state index in [1.54, 1.807) is 17.5 Å². The molecular formula is C24H30N2O5S2. The summed E-state index contributed by atoms with van der Waals surface area (Å²) in [6.45, 7) is 2.37. The molecule has 5 rings (SSSR count). The van der Waals surface area contributed by atoms with Crippen LogP contribution in [0.2, 0.25) is 0 Å². The summed E-state index contributed by atoms with van der Waals surface area (Å²) in [5.41, 5.74) is 1.05. The van der Waals surface area contributed by atoms with E-state index in [-0.39, 0.29) is 23.8 Å². The van der Waals surface area contributed by atoms with E-state index in [4.69, 9.17) is 9.47 Å². The number of thiophene rings is 1. The summed E-state index contributed by atoms with van der Waals surface area (Å²) < 4.78 is 39.1. The van der Waals surface area contributed by atoms with E-state index in [0.29, 0.717) is 43.4 Å². The highest BCUT2D eigenvalue weighted by molar-refractivity contribution is 7.91. The quantitative estimate of drug-likeness (QED) is 0.670. The van der Waals surface area contributed by atoms with Crippen molar-refractivity contribution in [2.24, 2.45) is 5.92 Å². The van der Waals surface area contributed by atoms with E-state index in [1.807, 2.05) is 6.07 Å². The number of carbonyl (C=O) groups excluding carboxylic acids is 1. The van der Waals surface area contributed by atoms with Gasteiger partial charge in [0.2, 0.25) is 5.91 Å². The fourth-order valence-corrected chi connectivity index (χ4v) is 7.97. The van der Waals surface area contributed by atoms with Crippen molar-refractivity contribution in [2.45, 2.75) is 48.1 Å². The van der Waals surface area contributed by atoms with Gasteiger partial charge < -0.3 is 14.8 Å². The van der Waals surface area contributed by atoms with Crippen LogP contribution in [0.5, 0.6) is 11.5 Å². The van der Waals surface area contributed by atoms with Crippen LogP contribution in [0.15, 0.2) is 39.9 Å². The highest BCUT2D eigenvalue weighted by Gasteiger charge is 2.39. The second-order valence-electron chi connectivity index (χ2n) is 9.20. The number of nitrogens with one attached hydrogen (secondary N) is 1. The second-order valence-corrected chi connectivity index (χ2v) is 12.3. The van der Waals surface area contributed by atoms with Crippen molar-refractivity contribution in [1.82, 2.24) is 9.62 Å². The van der Waals surface area contributed by atoms with E-state index < -0.39 is 10.0 Å². The zero-order valence-corrected chi connectivity index (χ0v) is 20.3. The highest BCUT2D eigenvalue weighted by atomic mass is 32.2. The van der Waals surface area contributed by atoms with Crippen molar-refractivity contribution in [1.29, 1.82) is 0 Å². The number of nitrogens with zero attached hydrogens (tertiary/aromatic N) is 1. The average molecular weight is 491 g/mol. The second kappa shape index (κ2) is 9.27. The topological polar surface area (TPSA) is 84.9 Å². The summed E-state index contributed by atoms with van der Waals surface area (Å²) >= 11 is 1.22. The molecule has 2 fully saturated rings. The van der Waals surface area contributed by atoms with Crippen molar-refractivity contribution >= 4 is 27.3 Å². The van der Waals surface area contributed by atoms with Gasteiger partial charge >= 0.3 is 0 Å². The number of benzene rings is 1. The van der Waals surface area contributed by atoms with Gasteiger partial charge in [-0.15, -0.1) is 11.3 Å². The van der Waals surface area contributed by atoms with Gasteiger partial charge in [-0.3, -0.25) is 4.79 Å². The third-order valence-corrected chi connectivity index (χ3v) is 10.4. The van der Waals surface area contributed by atoms with Crippen LogP contribution >= 0.6 is 11.3 Å². The maximum absolute atomic E-state index is 13.1. The van der Waals surface area contributed by atoms with E-state index in [0.717, 1.165) is 37.2 Å².